The van der Waals surface area contributed by atoms with Crippen molar-refractivity contribution < 1.29 is 18.7 Å². The van der Waals surface area contributed by atoms with E-state index in [2.05, 4.69) is 32.1 Å². The molecule has 10 nitrogen and oxygen atoms in total. The maximum atomic E-state index is 13.6. The van der Waals surface area contributed by atoms with Gasteiger partial charge in [-0.3, -0.25) is 9.59 Å². The predicted octanol–water partition coefficient (Wildman–Crippen LogP) is 4.10. The van der Waals surface area contributed by atoms with Crippen molar-refractivity contribution in [2.24, 2.45) is 0 Å². The van der Waals surface area contributed by atoms with Crippen LogP contribution in [0.5, 0.6) is 5.75 Å². The Morgan fingerprint density at radius 2 is 1.87 bits per heavy atom. The summed E-state index contributed by atoms with van der Waals surface area (Å²) in [4.78, 5) is 36.9. The summed E-state index contributed by atoms with van der Waals surface area (Å²) in [6, 6.07) is 11.7. The number of methoxy groups -OCH3 is 1. The number of hydrogen-bond donors (Lipinski definition) is 2. The van der Waals surface area contributed by atoms with E-state index in [0.717, 1.165) is 16.6 Å². The summed E-state index contributed by atoms with van der Waals surface area (Å²) in [5, 5.41) is 6.83. The van der Waals surface area contributed by atoms with Gasteiger partial charge in [0, 0.05) is 56.9 Å². The molecule has 0 radical (unpaired) electrons. The first kappa shape index (κ1) is 25.7. The Kier molecular flexibility index (Phi) is 7.13. The Hall–Kier alpha value is -4.93. The number of carbonyl (C=O) groups excluding carboxylic acids is 2. The van der Waals surface area contributed by atoms with Crippen LogP contribution in [0, 0.1) is 5.82 Å². The van der Waals surface area contributed by atoms with Gasteiger partial charge in [-0.1, -0.05) is 6.58 Å². The summed E-state index contributed by atoms with van der Waals surface area (Å²) in [5.41, 5.74) is 2.66. The first-order valence-electron chi connectivity index (χ1n) is 12.4. The molecule has 0 saturated carbocycles. The van der Waals surface area contributed by atoms with Crippen LogP contribution in [0.25, 0.3) is 16.7 Å². The number of nitrogens with zero attached hydrogens (tertiary/aromatic N) is 5. The number of amides is 2. The van der Waals surface area contributed by atoms with Gasteiger partial charge in [0.05, 0.1) is 29.7 Å². The van der Waals surface area contributed by atoms with Gasteiger partial charge in [-0.15, -0.1) is 0 Å². The number of hydrogen-bond acceptors (Lipinski definition) is 7. The summed E-state index contributed by atoms with van der Waals surface area (Å²) >= 11 is 0. The number of ether oxygens (including phenoxy) is 1. The van der Waals surface area contributed by atoms with E-state index in [1.807, 2.05) is 22.9 Å². The van der Waals surface area contributed by atoms with Crippen LogP contribution < -0.4 is 20.3 Å². The third kappa shape index (κ3) is 5.37. The highest BCUT2D eigenvalue weighted by atomic mass is 19.1. The molecular weight excluding hydrogens is 501 g/mol. The van der Waals surface area contributed by atoms with Crippen LogP contribution in [0.15, 0.2) is 67.5 Å². The molecule has 0 bridgehead atoms. The van der Waals surface area contributed by atoms with E-state index in [1.165, 1.54) is 18.2 Å². The summed E-state index contributed by atoms with van der Waals surface area (Å²) in [5.74, 6) is 0.789. The summed E-state index contributed by atoms with van der Waals surface area (Å²) in [6.07, 6.45) is 4.64. The molecule has 200 valence electrons. The topological polar surface area (TPSA) is 105 Å². The number of fused-ring (bicyclic) bond motifs is 1. The first-order valence-corrected chi connectivity index (χ1v) is 12.4. The molecule has 1 fully saturated rings. The zero-order valence-corrected chi connectivity index (χ0v) is 21.6. The molecule has 0 atom stereocenters. The lowest BCUT2D eigenvalue weighted by Gasteiger charge is -2.36. The lowest BCUT2D eigenvalue weighted by atomic mass is 10.1. The standard InChI is InChI=1S/C28H28FN7O3/c1-4-27(38)31-21-16-22(25(39-3)17-24(21)35-13-11-34(12-14-35)18(2)37)32-28-30-9-7-26(33-28)36-10-8-19-15-20(29)5-6-23(19)36/h4-10,15-17H,1,11-14H2,2-3H3,(H,31,38)(H,30,32,33). The molecule has 1 saturated heterocycles. The minimum absolute atomic E-state index is 0.0364. The van der Waals surface area contributed by atoms with Crippen LogP contribution in [-0.2, 0) is 9.59 Å². The second kappa shape index (κ2) is 10.8. The van der Waals surface area contributed by atoms with E-state index in [0.29, 0.717) is 55.1 Å². The summed E-state index contributed by atoms with van der Waals surface area (Å²) in [6.45, 7) is 7.48. The molecule has 2 amide bonds. The molecule has 3 heterocycles. The van der Waals surface area contributed by atoms with Crippen LogP contribution in [-0.4, -0.2) is 64.5 Å². The van der Waals surface area contributed by atoms with Gasteiger partial charge in [-0.2, -0.15) is 4.98 Å². The van der Waals surface area contributed by atoms with Gasteiger partial charge < -0.3 is 29.7 Å². The molecule has 2 aromatic carbocycles. The number of rotatable bonds is 7. The highest BCUT2D eigenvalue weighted by molar-refractivity contribution is 6.02. The average molecular weight is 530 g/mol. The van der Waals surface area contributed by atoms with Crippen LogP contribution >= 0.6 is 0 Å². The van der Waals surface area contributed by atoms with E-state index in [4.69, 9.17) is 4.74 Å². The Morgan fingerprint density at radius 1 is 1.08 bits per heavy atom. The number of aromatic nitrogens is 3. The summed E-state index contributed by atoms with van der Waals surface area (Å²) < 4.78 is 21.2. The molecule has 2 N–H and O–H groups in total. The molecule has 5 rings (SSSR count). The first-order chi connectivity index (χ1) is 18.9. The van der Waals surface area contributed by atoms with E-state index >= 15 is 0 Å². The van der Waals surface area contributed by atoms with E-state index < -0.39 is 0 Å². The Morgan fingerprint density at radius 3 is 2.59 bits per heavy atom. The lowest BCUT2D eigenvalue weighted by Crippen LogP contribution is -2.48. The SMILES string of the molecule is C=CC(=O)Nc1cc(Nc2nccc(-n3ccc4cc(F)ccc43)n2)c(OC)cc1N1CCN(C(C)=O)CC1. The lowest BCUT2D eigenvalue weighted by molar-refractivity contribution is -0.129. The predicted molar refractivity (Wildman–Crippen MR) is 148 cm³/mol. The van der Waals surface area contributed by atoms with Crippen LogP contribution in [0.2, 0.25) is 0 Å². The number of halogens is 1. The van der Waals surface area contributed by atoms with Gasteiger partial charge in [-0.25, -0.2) is 9.37 Å². The van der Waals surface area contributed by atoms with E-state index in [9.17, 15) is 14.0 Å². The number of benzene rings is 2. The molecule has 0 aliphatic carbocycles. The maximum Gasteiger partial charge on any atom is 0.247 e. The fourth-order valence-electron chi connectivity index (χ4n) is 4.62. The molecule has 2 aromatic heterocycles. The van der Waals surface area contributed by atoms with Gasteiger partial charge >= 0.3 is 0 Å². The Bertz CT molecular complexity index is 1560. The van der Waals surface area contributed by atoms with Crippen LogP contribution in [0.3, 0.4) is 0 Å². The van der Waals surface area contributed by atoms with Crippen LogP contribution in [0.1, 0.15) is 6.92 Å². The van der Waals surface area contributed by atoms with Crippen molar-refractivity contribution in [3.05, 3.63) is 73.3 Å². The van der Waals surface area contributed by atoms with Crippen LogP contribution in [0.4, 0.5) is 27.4 Å². The number of piperazine rings is 1. The third-order valence-corrected chi connectivity index (χ3v) is 6.61. The Labute approximate surface area is 224 Å². The molecule has 39 heavy (non-hydrogen) atoms. The minimum atomic E-state index is -0.357. The fraction of sp³-hybridized carbons (Fsp3) is 0.214. The normalized spacial score (nSPS) is 13.3. The van der Waals surface area contributed by atoms with Gasteiger partial charge in [0.1, 0.15) is 17.4 Å². The monoisotopic (exact) mass is 529 g/mol. The van der Waals surface area contributed by atoms with Crippen molar-refractivity contribution in [3.63, 3.8) is 0 Å². The third-order valence-electron chi connectivity index (χ3n) is 6.61. The number of nitrogens with one attached hydrogen (secondary N) is 2. The molecule has 1 aliphatic rings. The zero-order valence-electron chi connectivity index (χ0n) is 21.6. The van der Waals surface area contributed by atoms with Gasteiger partial charge in [0.15, 0.2) is 0 Å². The van der Waals surface area contributed by atoms with E-state index in [-0.39, 0.29) is 17.6 Å². The van der Waals surface area contributed by atoms with E-state index in [1.54, 1.807) is 43.3 Å². The molecule has 0 unspecified atom stereocenters. The molecule has 11 heteroatoms. The smallest absolute Gasteiger partial charge is 0.247 e. The quantitative estimate of drug-likeness (QED) is 0.347. The fourth-order valence-corrected chi connectivity index (χ4v) is 4.62. The number of carbonyl (C=O) groups is 2. The zero-order chi connectivity index (χ0) is 27.5. The molecule has 1 aliphatic heterocycles. The van der Waals surface area contributed by atoms with Crippen molar-refractivity contribution in [1.82, 2.24) is 19.4 Å². The second-order valence-electron chi connectivity index (χ2n) is 9.01. The highest BCUT2D eigenvalue weighted by Crippen LogP contribution is 2.38. The minimum Gasteiger partial charge on any atom is -0.494 e. The maximum absolute atomic E-state index is 13.6. The molecule has 4 aromatic rings. The summed E-state index contributed by atoms with van der Waals surface area (Å²) in [7, 11) is 1.56. The van der Waals surface area contributed by atoms with Gasteiger partial charge in [-0.05, 0) is 42.5 Å². The Balaban J connectivity index is 1.47. The highest BCUT2D eigenvalue weighted by Gasteiger charge is 2.23. The van der Waals surface area contributed by atoms with Gasteiger partial charge in [0.25, 0.3) is 0 Å². The molecular formula is C28H28FN7O3. The average Bonchev–Trinajstić information content (AvgIpc) is 3.36. The second-order valence-corrected chi connectivity index (χ2v) is 9.01. The van der Waals surface area contributed by atoms with Crippen molar-refractivity contribution >= 4 is 45.7 Å². The van der Waals surface area contributed by atoms with Gasteiger partial charge in [0.2, 0.25) is 17.8 Å². The van der Waals surface area contributed by atoms with Crippen molar-refractivity contribution in [3.8, 4) is 11.6 Å². The number of anilines is 4. The largest absolute Gasteiger partial charge is 0.494 e. The van der Waals surface area contributed by atoms with Crippen molar-refractivity contribution in [2.75, 3.05) is 48.8 Å². The van der Waals surface area contributed by atoms with Crippen molar-refractivity contribution in [2.45, 2.75) is 6.92 Å². The molecule has 0 spiro atoms. The van der Waals surface area contributed by atoms with Crippen molar-refractivity contribution in [1.29, 1.82) is 0 Å².